The summed E-state index contributed by atoms with van der Waals surface area (Å²) in [6, 6.07) is 5.43. The fourth-order valence-electron chi connectivity index (χ4n) is 1.15. The molecular weight excluding hydrogens is 204 g/mol. The molecule has 16 heavy (non-hydrogen) atoms. The van der Waals surface area contributed by atoms with E-state index in [9.17, 15) is 0 Å². The number of rotatable bonds is 3. The monoisotopic (exact) mass is 212 g/mol. The standard InChI is InChI=1S/C10H8N6/c11-5-8-1-4-15-16-10(8)13-6-9-2-3-12-7-14-9/h1-4,7H,6H2,(H,13,16). The number of nitrogens with one attached hydrogen (secondary N) is 1. The van der Waals surface area contributed by atoms with Crippen LogP contribution in [0.2, 0.25) is 0 Å². The highest BCUT2D eigenvalue weighted by Crippen LogP contribution is 2.09. The van der Waals surface area contributed by atoms with Gasteiger partial charge in [-0.2, -0.15) is 10.4 Å². The Morgan fingerprint density at radius 1 is 1.31 bits per heavy atom. The van der Waals surface area contributed by atoms with Crippen molar-refractivity contribution in [2.75, 3.05) is 5.32 Å². The fraction of sp³-hybridized carbons (Fsp3) is 0.100. The van der Waals surface area contributed by atoms with Crippen molar-refractivity contribution in [1.29, 1.82) is 5.26 Å². The molecular formula is C10H8N6. The molecule has 0 saturated carbocycles. The smallest absolute Gasteiger partial charge is 0.166 e. The molecule has 0 fully saturated rings. The number of nitriles is 1. The van der Waals surface area contributed by atoms with Crippen molar-refractivity contribution in [2.45, 2.75) is 6.54 Å². The number of anilines is 1. The van der Waals surface area contributed by atoms with E-state index in [1.54, 1.807) is 18.3 Å². The maximum atomic E-state index is 8.83. The first-order valence-electron chi connectivity index (χ1n) is 4.60. The molecule has 0 amide bonds. The summed E-state index contributed by atoms with van der Waals surface area (Å²) in [5, 5.41) is 19.4. The van der Waals surface area contributed by atoms with Crippen LogP contribution in [-0.4, -0.2) is 20.2 Å². The van der Waals surface area contributed by atoms with Gasteiger partial charge in [0.25, 0.3) is 0 Å². The highest BCUT2D eigenvalue weighted by atomic mass is 15.2. The quantitative estimate of drug-likeness (QED) is 0.807. The van der Waals surface area contributed by atoms with Crippen LogP contribution in [0.5, 0.6) is 0 Å². The summed E-state index contributed by atoms with van der Waals surface area (Å²) in [6.45, 7) is 0.482. The van der Waals surface area contributed by atoms with E-state index in [4.69, 9.17) is 5.26 Å². The van der Waals surface area contributed by atoms with Gasteiger partial charge in [0.15, 0.2) is 5.82 Å². The molecule has 1 N–H and O–H groups in total. The van der Waals surface area contributed by atoms with E-state index < -0.39 is 0 Å². The van der Waals surface area contributed by atoms with Crippen LogP contribution in [0.4, 0.5) is 5.82 Å². The van der Waals surface area contributed by atoms with Gasteiger partial charge < -0.3 is 5.32 Å². The minimum absolute atomic E-state index is 0.462. The van der Waals surface area contributed by atoms with Gasteiger partial charge >= 0.3 is 0 Å². The van der Waals surface area contributed by atoms with E-state index in [1.807, 2.05) is 6.07 Å². The first-order chi connectivity index (χ1) is 7.90. The van der Waals surface area contributed by atoms with Crippen LogP contribution in [0.15, 0.2) is 30.9 Å². The molecule has 0 aromatic carbocycles. The summed E-state index contributed by atoms with van der Waals surface area (Å²) >= 11 is 0. The second-order valence-corrected chi connectivity index (χ2v) is 2.96. The van der Waals surface area contributed by atoms with Crippen molar-refractivity contribution in [1.82, 2.24) is 20.2 Å². The third kappa shape index (κ3) is 2.27. The Labute approximate surface area is 92.0 Å². The normalized spacial score (nSPS) is 9.44. The molecule has 2 aromatic rings. The van der Waals surface area contributed by atoms with Crippen molar-refractivity contribution in [3.8, 4) is 6.07 Å². The zero-order valence-electron chi connectivity index (χ0n) is 8.33. The van der Waals surface area contributed by atoms with Gasteiger partial charge in [0.2, 0.25) is 0 Å². The summed E-state index contributed by atoms with van der Waals surface area (Å²) in [4.78, 5) is 7.86. The van der Waals surface area contributed by atoms with E-state index in [2.05, 4.69) is 25.5 Å². The Balaban J connectivity index is 2.09. The van der Waals surface area contributed by atoms with E-state index in [0.29, 0.717) is 17.9 Å². The maximum Gasteiger partial charge on any atom is 0.166 e. The number of nitrogens with zero attached hydrogens (tertiary/aromatic N) is 5. The van der Waals surface area contributed by atoms with Gasteiger partial charge in [-0.15, -0.1) is 5.10 Å². The second-order valence-electron chi connectivity index (χ2n) is 2.96. The molecule has 0 aliphatic carbocycles. The lowest BCUT2D eigenvalue weighted by atomic mass is 10.3. The molecule has 78 valence electrons. The largest absolute Gasteiger partial charge is 0.362 e. The molecule has 0 aliphatic rings. The van der Waals surface area contributed by atoms with E-state index in [-0.39, 0.29) is 0 Å². The Morgan fingerprint density at radius 3 is 3.00 bits per heavy atom. The van der Waals surface area contributed by atoms with E-state index in [1.165, 1.54) is 12.5 Å². The van der Waals surface area contributed by atoms with Gasteiger partial charge in [0, 0.05) is 6.20 Å². The van der Waals surface area contributed by atoms with Crippen molar-refractivity contribution in [3.05, 3.63) is 42.1 Å². The molecule has 2 rings (SSSR count). The van der Waals surface area contributed by atoms with Crippen molar-refractivity contribution in [2.24, 2.45) is 0 Å². The van der Waals surface area contributed by atoms with Gasteiger partial charge in [0.1, 0.15) is 12.4 Å². The highest BCUT2D eigenvalue weighted by molar-refractivity contribution is 5.50. The predicted octanol–water partition coefficient (Wildman–Crippen LogP) is 0.750. The van der Waals surface area contributed by atoms with Crippen LogP contribution >= 0.6 is 0 Å². The van der Waals surface area contributed by atoms with Crippen LogP contribution in [0.1, 0.15) is 11.3 Å². The summed E-state index contributed by atoms with van der Waals surface area (Å²) in [5.74, 6) is 0.462. The molecule has 6 heteroatoms. The van der Waals surface area contributed by atoms with Crippen LogP contribution in [0.25, 0.3) is 0 Å². The van der Waals surface area contributed by atoms with Crippen LogP contribution in [0.3, 0.4) is 0 Å². The first-order valence-corrected chi connectivity index (χ1v) is 4.60. The summed E-state index contributed by atoms with van der Waals surface area (Å²) in [7, 11) is 0. The first kappa shape index (κ1) is 9.98. The topological polar surface area (TPSA) is 87.4 Å². The molecule has 6 nitrogen and oxygen atoms in total. The number of hydrogen-bond donors (Lipinski definition) is 1. The lowest BCUT2D eigenvalue weighted by Crippen LogP contribution is -2.05. The van der Waals surface area contributed by atoms with Crippen LogP contribution in [-0.2, 0) is 6.54 Å². The van der Waals surface area contributed by atoms with Crippen molar-refractivity contribution in [3.63, 3.8) is 0 Å². The fourth-order valence-corrected chi connectivity index (χ4v) is 1.15. The molecule has 0 unspecified atom stereocenters. The third-order valence-electron chi connectivity index (χ3n) is 1.92. The minimum atomic E-state index is 0.462. The zero-order valence-corrected chi connectivity index (χ0v) is 8.33. The van der Waals surface area contributed by atoms with E-state index in [0.717, 1.165) is 5.69 Å². The van der Waals surface area contributed by atoms with Crippen molar-refractivity contribution >= 4 is 5.82 Å². The third-order valence-corrected chi connectivity index (χ3v) is 1.92. The molecule has 0 saturated heterocycles. The van der Waals surface area contributed by atoms with E-state index >= 15 is 0 Å². The Morgan fingerprint density at radius 2 is 2.25 bits per heavy atom. The summed E-state index contributed by atoms with van der Waals surface area (Å²) in [6.07, 6.45) is 4.61. The molecule has 0 bridgehead atoms. The summed E-state index contributed by atoms with van der Waals surface area (Å²) in [5.41, 5.74) is 1.29. The minimum Gasteiger partial charge on any atom is -0.362 e. The lowest BCUT2D eigenvalue weighted by Gasteiger charge is -2.04. The molecule has 0 aliphatic heterocycles. The average Bonchev–Trinajstić information content (AvgIpc) is 2.38. The van der Waals surface area contributed by atoms with Gasteiger partial charge in [-0.25, -0.2) is 9.97 Å². The molecule has 0 radical (unpaired) electrons. The van der Waals surface area contributed by atoms with Gasteiger partial charge in [-0.05, 0) is 12.1 Å². The SMILES string of the molecule is N#Cc1ccnnc1NCc1ccncn1. The second kappa shape index (κ2) is 4.79. The van der Waals surface area contributed by atoms with Gasteiger partial charge in [0.05, 0.1) is 24.0 Å². The molecule has 0 atom stereocenters. The Hall–Kier alpha value is -2.55. The van der Waals surface area contributed by atoms with Gasteiger partial charge in [-0.1, -0.05) is 0 Å². The van der Waals surface area contributed by atoms with Crippen molar-refractivity contribution < 1.29 is 0 Å². The maximum absolute atomic E-state index is 8.83. The van der Waals surface area contributed by atoms with Gasteiger partial charge in [-0.3, -0.25) is 0 Å². The molecule has 2 heterocycles. The zero-order chi connectivity index (χ0) is 11.2. The lowest BCUT2D eigenvalue weighted by molar-refractivity contribution is 0.960. The summed E-state index contributed by atoms with van der Waals surface area (Å²) < 4.78 is 0. The van der Waals surface area contributed by atoms with Crippen LogP contribution in [0, 0.1) is 11.3 Å². The predicted molar refractivity (Wildman–Crippen MR) is 56.1 cm³/mol. The average molecular weight is 212 g/mol. The highest BCUT2D eigenvalue weighted by Gasteiger charge is 2.02. The van der Waals surface area contributed by atoms with Crippen LogP contribution < -0.4 is 5.32 Å². The number of hydrogen-bond acceptors (Lipinski definition) is 6. The Kier molecular flexibility index (Phi) is 2.99. The Bertz CT molecular complexity index is 504. The number of aromatic nitrogens is 4. The molecule has 0 spiro atoms. The molecule has 2 aromatic heterocycles.